The van der Waals surface area contributed by atoms with Gasteiger partial charge in [-0.15, -0.1) is 0 Å². The zero-order chi connectivity index (χ0) is 21.0. The van der Waals surface area contributed by atoms with Crippen molar-refractivity contribution >= 4 is 5.91 Å². The van der Waals surface area contributed by atoms with E-state index in [2.05, 4.69) is 36.1 Å². The molecule has 0 N–H and O–H groups in total. The maximum Gasteiger partial charge on any atom is 0.260 e. The summed E-state index contributed by atoms with van der Waals surface area (Å²) in [6.45, 7) is 8.42. The first kappa shape index (κ1) is 20.6. The number of aryl methyl sites for hydroxylation is 2. The number of nitrogens with zero attached hydrogens (tertiary/aromatic N) is 3. The lowest BCUT2D eigenvalue weighted by molar-refractivity contribution is -0.132. The van der Waals surface area contributed by atoms with E-state index in [4.69, 9.17) is 9.26 Å². The highest BCUT2D eigenvalue weighted by atomic mass is 16.5. The van der Waals surface area contributed by atoms with Crippen molar-refractivity contribution in [1.29, 1.82) is 0 Å². The Balaban J connectivity index is 1.60. The number of hydrogen-bond donors (Lipinski definition) is 0. The third kappa shape index (κ3) is 5.22. The molecule has 0 aliphatic rings. The number of carbonyl (C=O) groups excluding carboxylic acids is 1. The van der Waals surface area contributed by atoms with Gasteiger partial charge in [-0.1, -0.05) is 61.0 Å². The van der Waals surface area contributed by atoms with E-state index in [-0.39, 0.29) is 19.1 Å². The number of likely N-dealkylation sites (N-methyl/N-ethyl adjacent to an activating group) is 1. The Hall–Kier alpha value is -3.15. The van der Waals surface area contributed by atoms with Crippen LogP contribution in [0.4, 0.5) is 0 Å². The molecule has 29 heavy (non-hydrogen) atoms. The Labute approximate surface area is 171 Å². The van der Waals surface area contributed by atoms with Gasteiger partial charge in [0.05, 0.1) is 6.54 Å². The van der Waals surface area contributed by atoms with Gasteiger partial charge in [0.25, 0.3) is 5.91 Å². The molecule has 6 nitrogen and oxygen atoms in total. The first-order chi connectivity index (χ1) is 13.8. The summed E-state index contributed by atoms with van der Waals surface area (Å²) in [6.07, 6.45) is 0. The van der Waals surface area contributed by atoms with E-state index < -0.39 is 0 Å². The molecule has 0 spiro atoms. The van der Waals surface area contributed by atoms with Crippen LogP contribution < -0.4 is 4.74 Å². The number of carbonyl (C=O) groups is 1. The zero-order valence-electron chi connectivity index (χ0n) is 17.6. The van der Waals surface area contributed by atoms with Crippen molar-refractivity contribution in [2.75, 3.05) is 13.7 Å². The van der Waals surface area contributed by atoms with Crippen molar-refractivity contribution in [2.45, 2.75) is 40.2 Å². The molecular formula is C23H27N3O3. The number of amides is 1. The van der Waals surface area contributed by atoms with Crippen molar-refractivity contribution in [2.24, 2.45) is 0 Å². The van der Waals surface area contributed by atoms with Gasteiger partial charge in [0.2, 0.25) is 11.7 Å². The summed E-state index contributed by atoms with van der Waals surface area (Å²) in [5, 5.41) is 4.01. The normalized spacial score (nSPS) is 11.0. The van der Waals surface area contributed by atoms with E-state index in [1.807, 2.05) is 44.2 Å². The molecule has 1 amide bonds. The fourth-order valence-electron chi connectivity index (χ4n) is 2.92. The van der Waals surface area contributed by atoms with Crippen LogP contribution in [0.5, 0.6) is 5.75 Å². The number of benzene rings is 2. The molecule has 1 heterocycles. The fourth-order valence-corrected chi connectivity index (χ4v) is 2.92. The van der Waals surface area contributed by atoms with E-state index in [0.29, 0.717) is 17.6 Å². The molecule has 3 aromatic rings. The summed E-state index contributed by atoms with van der Waals surface area (Å²) in [7, 11) is 1.70. The minimum Gasteiger partial charge on any atom is -0.483 e. The smallest absolute Gasteiger partial charge is 0.260 e. The SMILES string of the molecule is Cc1ccc(-c2noc(CN(C)C(=O)COc3cc(C)ccc3C(C)C)n2)cc1. The lowest BCUT2D eigenvalue weighted by Crippen LogP contribution is -2.31. The highest BCUT2D eigenvalue weighted by molar-refractivity contribution is 5.77. The molecule has 0 atom stereocenters. The second-order valence-electron chi connectivity index (χ2n) is 7.61. The van der Waals surface area contributed by atoms with Gasteiger partial charge < -0.3 is 14.2 Å². The number of hydrogen-bond acceptors (Lipinski definition) is 5. The van der Waals surface area contributed by atoms with Crippen molar-refractivity contribution in [3.05, 3.63) is 65.0 Å². The Morgan fingerprint density at radius 2 is 1.79 bits per heavy atom. The van der Waals surface area contributed by atoms with Crippen LogP contribution in [0.1, 0.15) is 42.3 Å². The molecule has 6 heteroatoms. The lowest BCUT2D eigenvalue weighted by atomic mass is 10.0. The molecule has 152 valence electrons. The maximum absolute atomic E-state index is 12.5. The van der Waals surface area contributed by atoms with Gasteiger partial charge in [0, 0.05) is 12.6 Å². The molecule has 0 unspecified atom stereocenters. The van der Waals surface area contributed by atoms with Crippen LogP contribution in [0.2, 0.25) is 0 Å². The topological polar surface area (TPSA) is 68.5 Å². The largest absolute Gasteiger partial charge is 0.483 e. The average Bonchev–Trinajstić information content (AvgIpc) is 3.14. The highest BCUT2D eigenvalue weighted by Crippen LogP contribution is 2.27. The van der Waals surface area contributed by atoms with Crippen LogP contribution in [0.25, 0.3) is 11.4 Å². The van der Waals surface area contributed by atoms with Gasteiger partial charge in [0.15, 0.2) is 6.61 Å². The van der Waals surface area contributed by atoms with Gasteiger partial charge in [-0.25, -0.2) is 0 Å². The van der Waals surface area contributed by atoms with Crippen molar-refractivity contribution in [1.82, 2.24) is 15.0 Å². The quantitative estimate of drug-likeness (QED) is 0.591. The van der Waals surface area contributed by atoms with E-state index in [1.54, 1.807) is 7.05 Å². The summed E-state index contributed by atoms with van der Waals surface area (Å²) in [4.78, 5) is 18.4. The highest BCUT2D eigenvalue weighted by Gasteiger charge is 2.16. The molecule has 1 aromatic heterocycles. The first-order valence-corrected chi connectivity index (χ1v) is 9.70. The monoisotopic (exact) mass is 393 g/mol. The average molecular weight is 393 g/mol. The maximum atomic E-state index is 12.5. The van der Waals surface area contributed by atoms with E-state index in [9.17, 15) is 4.79 Å². The summed E-state index contributed by atoms with van der Waals surface area (Å²) in [6, 6.07) is 14.0. The van der Waals surface area contributed by atoms with Gasteiger partial charge in [-0.05, 0) is 37.0 Å². The number of aromatic nitrogens is 2. The molecule has 0 saturated carbocycles. The zero-order valence-corrected chi connectivity index (χ0v) is 17.6. The summed E-state index contributed by atoms with van der Waals surface area (Å²) >= 11 is 0. The molecule has 3 rings (SSSR count). The number of ether oxygens (including phenoxy) is 1. The third-order valence-electron chi connectivity index (χ3n) is 4.72. The summed E-state index contributed by atoms with van der Waals surface area (Å²) in [5.74, 6) is 1.81. The molecule has 0 radical (unpaired) electrons. The standard InChI is InChI=1S/C23H27N3O3/c1-15(2)19-11-8-17(4)12-20(19)28-14-22(27)26(5)13-21-24-23(25-29-21)18-9-6-16(3)7-10-18/h6-12,15H,13-14H2,1-5H3. The first-order valence-electron chi connectivity index (χ1n) is 9.70. The fraction of sp³-hybridized carbons (Fsp3) is 0.348. The van der Waals surface area contributed by atoms with Crippen LogP contribution >= 0.6 is 0 Å². The molecular weight excluding hydrogens is 366 g/mol. The Morgan fingerprint density at radius 3 is 2.48 bits per heavy atom. The number of rotatable bonds is 7. The van der Waals surface area contributed by atoms with Gasteiger partial charge in [-0.3, -0.25) is 4.79 Å². The Kier molecular flexibility index (Phi) is 6.32. The van der Waals surface area contributed by atoms with Crippen molar-refractivity contribution in [3.8, 4) is 17.1 Å². The van der Waals surface area contributed by atoms with Crippen LogP contribution in [0.3, 0.4) is 0 Å². The van der Waals surface area contributed by atoms with Gasteiger partial charge in [0.1, 0.15) is 5.75 Å². The molecule has 0 saturated heterocycles. The molecule has 2 aromatic carbocycles. The van der Waals surface area contributed by atoms with Crippen LogP contribution in [0, 0.1) is 13.8 Å². The van der Waals surface area contributed by atoms with E-state index in [0.717, 1.165) is 28.0 Å². The molecule has 0 aliphatic heterocycles. The predicted octanol–water partition coefficient (Wildman–Crippen LogP) is 4.51. The second-order valence-corrected chi connectivity index (χ2v) is 7.61. The minimum atomic E-state index is -0.156. The van der Waals surface area contributed by atoms with Crippen LogP contribution in [-0.4, -0.2) is 34.6 Å². The van der Waals surface area contributed by atoms with Gasteiger partial charge >= 0.3 is 0 Å². The van der Waals surface area contributed by atoms with Crippen molar-refractivity contribution in [3.63, 3.8) is 0 Å². The van der Waals surface area contributed by atoms with Gasteiger partial charge in [-0.2, -0.15) is 4.98 Å². The van der Waals surface area contributed by atoms with Crippen LogP contribution in [0.15, 0.2) is 47.0 Å². The second kappa shape index (κ2) is 8.90. The predicted molar refractivity (Wildman–Crippen MR) is 112 cm³/mol. The molecule has 0 fully saturated rings. The lowest BCUT2D eigenvalue weighted by Gasteiger charge is -2.18. The Bertz CT molecular complexity index is 977. The molecule has 0 bridgehead atoms. The van der Waals surface area contributed by atoms with Crippen molar-refractivity contribution < 1.29 is 14.1 Å². The third-order valence-corrected chi connectivity index (χ3v) is 4.72. The minimum absolute atomic E-state index is 0.0430. The summed E-state index contributed by atoms with van der Waals surface area (Å²) in [5.41, 5.74) is 4.23. The summed E-state index contributed by atoms with van der Waals surface area (Å²) < 4.78 is 11.1. The molecule has 0 aliphatic carbocycles. The van der Waals surface area contributed by atoms with Crippen LogP contribution in [-0.2, 0) is 11.3 Å². The van der Waals surface area contributed by atoms with E-state index in [1.165, 1.54) is 4.90 Å². The Morgan fingerprint density at radius 1 is 1.10 bits per heavy atom. The van der Waals surface area contributed by atoms with E-state index >= 15 is 0 Å².